The number of nitrogens with one attached hydrogen (secondary N) is 1. The third-order valence-electron chi connectivity index (χ3n) is 3.91. The summed E-state index contributed by atoms with van der Waals surface area (Å²) in [4.78, 5) is 12.8. The summed E-state index contributed by atoms with van der Waals surface area (Å²) in [5, 5.41) is 3.64. The second-order valence-corrected chi connectivity index (χ2v) is 5.67. The molecule has 0 aromatic carbocycles. The first-order chi connectivity index (χ1) is 10.3. The summed E-state index contributed by atoms with van der Waals surface area (Å²) in [5.41, 5.74) is 3.13. The van der Waals surface area contributed by atoms with Gasteiger partial charge in [-0.1, -0.05) is 11.6 Å². The van der Waals surface area contributed by atoms with Crippen LogP contribution in [-0.4, -0.2) is 26.1 Å². The SMILES string of the molecule is CCn1cnc2nc(Cl)nc(NCCC3=CCCCC3)c21. The lowest BCUT2D eigenvalue weighted by Crippen LogP contribution is -2.08. The summed E-state index contributed by atoms with van der Waals surface area (Å²) < 4.78 is 2.04. The van der Waals surface area contributed by atoms with Crippen LogP contribution in [0.5, 0.6) is 0 Å². The first-order valence-corrected chi connectivity index (χ1v) is 7.96. The number of nitrogens with zero attached hydrogens (tertiary/aromatic N) is 4. The number of hydrogen-bond donors (Lipinski definition) is 1. The molecule has 21 heavy (non-hydrogen) atoms. The zero-order chi connectivity index (χ0) is 14.7. The van der Waals surface area contributed by atoms with Gasteiger partial charge in [0.1, 0.15) is 5.52 Å². The molecule has 1 aliphatic rings. The van der Waals surface area contributed by atoms with E-state index in [0.29, 0.717) is 5.65 Å². The van der Waals surface area contributed by atoms with Crippen molar-refractivity contribution in [1.29, 1.82) is 0 Å². The van der Waals surface area contributed by atoms with Crippen molar-refractivity contribution in [3.63, 3.8) is 0 Å². The Morgan fingerprint density at radius 2 is 2.24 bits per heavy atom. The highest BCUT2D eigenvalue weighted by atomic mass is 35.5. The maximum atomic E-state index is 5.98. The van der Waals surface area contributed by atoms with Gasteiger partial charge in [-0.3, -0.25) is 0 Å². The van der Waals surface area contributed by atoms with Gasteiger partial charge in [-0.25, -0.2) is 4.98 Å². The van der Waals surface area contributed by atoms with Gasteiger partial charge in [0.2, 0.25) is 5.28 Å². The van der Waals surface area contributed by atoms with Crippen molar-refractivity contribution in [3.05, 3.63) is 23.3 Å². The van der Waals surface area contributed by atoms with Crippen LogP contribution in [0.4, 0.5) is 5.82 Å². The summed E-state index contributed by atoms with van der Waals surface area (Å²) >= 11 is 5.98. The number of allylic oxidation sites excluding steroid dienone is 1. The third-order valence-corrected chi connectivity index (χ3v) is 4.08. The number of fused-ring (bicyclic) bond motifs is 1. The van der Waals surface area contributed by atoms with Crippen LogP contribution in [0, 0.1) is 0 Å². The molecule has 0 atom stereocenters. The average molecular weight is 306 g/mol. The zero-order valence-electron chi connectivity index (χ0n) is 12.3. The molecule has 6 heteroatoms. The Morgan fingerprint density at radius 3 is 3.00 bits per heavy atom. The highest BCUT2D eigenvalue weighted by Crippen LogP contribution is 2.23. The molecule has 0 saturated heterocycles. The van der Waals surface area contributed by atoms with Crippen molar-refractivity contribution >= 4 is 28.6 Å². The fourth-order valence-electron chi connectivity index (χ4n) is 2.79. The summed E-state index contributed by atoms with van der Waals surface area (Å²) in [6.45, 7) is 3.77. The van der Waals surface area contributed by atoms with Crippen LogP contribution in [0.1, 0.15) is 39.0 Å². The molecule has 0 saturated carbocycles. The van der Waals surface area contributed by atoms with Gasteiger partial charge in [-0.15, -0.1) is 0 Å². The molecule has 0 bridgehead atoms. The van der Waals surface area contributed by atoms with Crippen LogP contribution >= 0.6 is 11.6 Å². The lowest BCUT2D eigenvalue weighted by Gasteiger charge is -2.14. The van der Waals surface area contributed by atoms with E-state index in [2.05, 4.69) is 33.3 Å². The van der Waals surface area contributed by atoms with Gasteiger partial charge in [-0.05, 0) is 50.6 Å². The number of aromatic nitrogens is 4. The number of rotatable bonds is 5. The molecule has 0 aliphatic heterocycles. The molecule has 2 heterocycles. The Labute approximate surface area is 129 Å². The van der Waals surface area contributed by atoms with E-state index in [1.54, 1.807) is 11.9 Å². The summed E-state index contributed by atoms with van der Waals surface area (Å²) in [6.07, 6.45) is 10.3. The standard InChI is InChI=1S/C15H20ClN5/c1-2-21-10-18-14-12(21)13(19-15(16)20-14)17-9-8-11-6-4-3-5-7-11/h6,10H,2-5,7-9H2,1H3,(H,17,19,20). The van der Waals surface area contributed by atoms with Gasteiger partial charge in [0, 0.05) is 13.1 Å². The molecule has 1 aliphatic carbocycles. The van der Waals surface area contributed by atoms with E-state index in [0.717, 1.165) is 30.8 Å². The lowest BCUT2D eigenvalue weighted by molar-refractivity contribution is 0.679. The van der Waals surface area contributed by atoms with E-state index < -0.39 is 0 Å². The summed E-state index contributed by atoms with van der Waals surface area (Å²) in [7, 11) is 0. The van der Waals surface area contributed by atoms with Crippen molar-refractivity contribution in [2.45, 2.75) is 45.6 Å². The van der Waals surface area contributed by atoms with E-state index in [9.17, 15) is 0 Å². The van der Waals surface area contributed by atoms with Crippen LogP contribution in [0.25, 0.3) is 11.2 Å². The molecule has 0 amide bonds. The first-order valence-electron chi connectivity index (χ1n) is 7.58. The second kappa shape index (κ2) is 6.43. The first kappa shape index (κ1) is 14.3. The van der Waals surface area contributed by atoms with Crippen molar-refractivity contribution in [3.8, 4) is 0 Å². The molecule has 0 spiro atoms. The minimum absolute atomic E-state index is 0.239. The largest absolute Gasteiger partial charge is 0.368 e. The van der Waals surface area contributed by atoms with Gasteiger partial charge >= 0.3 is 0 Å². The fourth-order valence-corrected chi connectivity index (χ4v) is 2.95. The molecule has 2 aromatic rings. The topological polar surface area (TPSA) is 55.6 Å². The van der Waals surface area contributed by atoms with Gasteiger partial charge in [-0.2, -0.15) is 9.97 Å². The lowest BCUT2D eigenvalue weighted by atomic mass is 9.97. The average Bonchev–Trinajstić information content (AvgIpc) is 2.91. The third kappa shape index (κ3) is 3.18. The van der Waals surface area contributed by atoms with E-state index in [-0.39, 0.29) is 5.28 Å². The molecule has 3 rings (SSSR count). The normalized spacial score (nSPS) is 15.2. The molecule has 0 radical (unpaired) electrons. The van der Waals surface area contributed by atoms with Crippen LogP contribution in [0.2, 0.25) is 5.28 Å². The van der Waals surface area contributed by atoms with Crippen LogP contribution < -0.4 is 5.32 Å². The van der Waals surface area contributed by atoms with E-state index in [4.69, 9.17) is 11.6 Å². The molecule has 0 fully saturated rings. The van der Waals surface area contributed by atoms with Crippen molar-refractivity contribution in [2.24, 2.45) is 0 Å². The molecule has 1 N–H and O–H groups in total. The zero-order valence-corrected chi connectivity index (χ0v) is 13.0. The quantitative estimate of drug-likeness (QED) is 0.674. The molecule has 2 aromatic heterocycles. The van der Waals surface area contributed by atoms with E-state index in [1.807, 2.05) is 4.57 Å². The predicted octanol–water partition coefficient (Wildman–Crippen LogP) is 3.80. The Morgan fingerprint density at radius 1 is 1.33 bits per heavy atom. The van der Waals surface area contributed by atoms with Crippen molar-refractivity contribution < 1.29 is 0 Å². The number of imidazole rings is 1. The minimum atomic E-state index is 0.239. The predicted molar refractivity (Wildman–Crippen MR) is 85.7 cm³/mol. The Kier molecular flexibility index (Phi) is 4.39. The fraction of sp³-hybridized carbons (Fsp3) is 0.533. The van der Waals surface area contributed by atoms with Crippen molar-refractivity contribution in [2.75, 3.05) is 11.9 Å². The van der Waals surface area contributed by atoms with Crippen molar-refractivity contribution in [1.82, 2.24) is 19.5 Å². The number of hydrogen-bond acceptors (Lipinski definition) is 4. The second-order valence-electron chi connectivity index (χ2n) is 5.33. The van der Waals surface area contributed by atoms with E-state index in [1.165, 1.54) is 25.7 Å². The maximum absolute atomic E-state index is 5.98. The number of halogens is 1. The molecule has 0 unspecified atom stereocenters. The molecular formula is C15H20ClN5. The summed E-state index contributed by atoms with van der Waals surface area (Å²) in [5.74, 6) is 0.778. The molecule has 5 nitrogen and oxygen atoms in total. The smallest absolute Gasteiger partial charge is 0.226 e. The number of aryl methyl sites for hydroxylation is 1. The van der Waals surface area contributed by atoms with Crippen LogP contribution in [0.3, 0.4) is 0 Å². The Balaban J connectivity index is 1.76. The van der Waals surface area contributed by atoms with Gasteiger partial charge in [0.05, 0.1) is 6.33 Å². The van der Waals surface area contributed by atoms with Gasteiger partial charge in [0.25, 0.3) is 0 Å². The summed E-state index contributed by atoms with van der Waals surface area (Å²) in [6, 6.07) is 0. The number of anilines is 1. The monoisotopic (exact) mass is 305 g/mol. The minimum Gasteiger partial charge on any atom is -0.368 e. The van der Waals surface area contributed by atoms with Crippen LogP contribution in [0.15, 0.2) is 18.0 Å². The highest BCUT2D eigenvalue weighted by Gasteiger charge is 2.12. The van der Waals surface area contributed by atoms with E-state index >= 15 is 0 Å². The molecular weight excluding hydrogens is 286 g/mol. The highest BCUT2D eigenvalue weighted by molar-refractivity contribution is 6.28. The van der Waals surface area contributed by atoms with Gasteiger partial charge < -0.3 is 9.88 Å². The Bertz CT molecular complexity index is 661. The van der Waals surface area contributed by atoms with Crippen LogP contribution in [-0.2, 0) is 6.54 Å². The van der Waals surface area contributed by atoms with Gasteiger partial charge in [0.15, 0.2) is 11.5 Å². The molecule has 112 valence electrons. The Hall–Kier alpha value is -1.62. The maximum Gasteiger partial charge on any atom is 0.226 e.